The van der Waals surface area contributed by atoms with E-state index in [0.717, 1.165) is 0 Å². The molecule has 0 atom stereocenters. The molecule has 1 heterocycles. The van der Waals surface area contributed by atoms with Gasteiger partial charge in [0.2, 0.25) is 5.75 Å². The Balaban J connectivity index is 2.94. The van der Waals surface area contributed by atoms with E-state index in [4.69, 9.17) is 23.8 Å². The summed E-state index contributed by atoms with van der Waals surface area (Å²) in [5, 5.41) is 3.82. The molecule has 0 amide bonds. The Kier molecular flexibility index (Phi) is 6.70. The van der Waals surface area contributed by atoms with Crippen LogP contribution in [0.15, 0.2) is 23.9 Å². The zero-order chi connectivity index (χ0) is 20.8. The highest BCUT2D eigenvalue weighted by Gasteiger charge is 2.27. The van der Waals surface area contributed by atoms with E-state index < -0.39 is 5.97 Å². The molecule has 8 heteroatoms. The molecule has 2 aromatic rings. The molecule has 0 spiro atoms. The minimum absolute atomic E-state index is 0.249. The number of nitrogens with zero attached hydrogens (tertiary/aromatic N) is 1. The molecule has 1 aromatic heterocycles. The lowest BCUT2D eigenvalue weighted by atomic mass is 9.95. The van der Waals surface area contributed by atoms with E-state index in [-0.39, 0.29) is 5.69 Å². The summed E-state index contributed by atoms with van der Waals surface area (Å²) in [7, 11) is 7.33. The van der Waals surface area contributed by atoms with Crippen molar-refractivity contribution in [2.24, 2.45) is 5.16 Å². The zero-order valence-corrected chi connectivity index (χ0v) is 16.8. The average molecular weight is 388 g/mol. The van der Waals surface area contributed by atoms with Crippen LogP contribution in [0, 0.1) is 0 Å². The number of hydrogen-bond acceptors (Lipinski definition) is 7. The van der Waals surface area contributed by atoms with Crippen LogP contribution >= 0.6 is 0 Å². The molecule has 28 heavy (non-hydrogen) atoms. The lowest BCUT2D eigenvalue weighted by molar-refractivity contribution is 0.0594. The molecule has 2 rings (SSSR count). The third-order valence-electron chi connectivity index (χ3n) is 4.11. The van der Waals surface area contributed by atoms with Crippen molar-refractivity contribution in [2.45, 2.75) is 6.92 Å². The van der Waals surface area contributed by atoms with Gasteiger partial charge in [-0.05, 0) is 24.6 Å². The highest BCUT2D eigenvalue weighted by molar-refractivity contribution is 6.04. The molecule has 0 saturated heterocycles. The molecule has 1 aromatic carbocycles. The number of aromatic nitrogens is 1. The molecule has 1 N–H and O–H groups in total. The second kappa shape index (κ2) is 8.98. The van der Waals surface area contributed by atoms with Gasteiger partial charge in [-0.1, -0.05) is 11.7 Å². The van der Waals surface area contributed by atoms with E-state index in [1.807, 2.05) is 0 Å². The maximum atomic E-state index is 12.3. The van der Waals surface area contributed by atoms with Crippen LogP contribution in [0.5, 0.6) is 17.2 Å². The van der Waals surface area contributed by atoms with Gasteiger partial charge < -0.3 is 28.8 Å². The lowest BCUT2D eigenvalue weighted by Crippen LogP contribution is -2.04. The third-order valence-corrected chi connectivity index (χ3v) is 4.11. The van der Waals surface area contributed by atoms with E-state index >= 15 is 0 Å². The predicted molar refractivity (Wildman–Crippen MR) is 107 cm³/mol. The van der Waals surface area contributed by atoms with Crippen LogP contribution in [0.1, 0.15) is 28.7 Å². The van der Waals surface area contributed by atoms with E-state index in [2.05, 4.69) is 16.7 Å². The number of H-pyrrole nitrogens is 1. The number of ether oxygens (including phenoxy) is 4. The standard InChI is InChI=1S/C20H24N2O6/c1-11(2)15-16(13(10-21-28-7)22-17(15)20(23)27-6)12-8-9-14(24-3)19(26-5)18(12)25-4/h8-10,22H,1H2,2-7H3/b21-10+. The third kappa shape index (κ3) is 3.66. The number of rotatable bonds is 8. The van der Waals surface area contributed by atoms with Gasteiger partial charge in [0, 0.05) is 16.7 Å². The van der Waals surface area contributed by atoms with Gasteiger partial charge in [0.15, 0.2) is 11.5 Å². The average Bonchev–Trinajstić information content (AvgIpc) is 3.09. The summed E-state index contributed by atoms with van der Waals surface area (Å²) < 4.78 is 21.4. The summed E-state index contributed by atoms with van der Waals surface area (Å²) in [5.74, 6) is 0.837. The van der Waals surface area contributed by atoms with Crippen molar-refractivity contribution in [1.82, 2.24) is 4.98 Å². The summed E-state index contributed by atoms with van der Waals surface area (Å²) in [5.41, 5.74) is 3.30. The van der Waals surface area contributed by atoms with Crippen molar-refractivity contribution in [1.29, 1.82) is 0 Å². The first-order valence-corrected chi connectivity index (χ1v) is 8.31. The maximum Gasteiger partial charge on any atom is 0.355 e. The summed E-state index contributed by atoms with van der Waals surface area (Å²) >= 11 is 0. The van der Waals surface area contributed by atoms with Gasteiger partial charge in [-0.15, -0.1) is 0 Å². The van der Waals surface area contributed by atoms with Crippen molar-refractivity contribution in [3.63, 3.8) is 0 Å². The topological polar surface area (TPSA) is 91.4 Å². The summed E-state index contributed by atoms with van der Waals surface area (Å²) in [4.78, 5) is 20.2. The zero-order valence-electron chi connectivity index (χ0n) is 16.8. The van der Waals surface area contributed by atoms with Crippen LogP contribution in [0.2, 0.25) is 0 Å². The molecule has 0 aliphatic heterocycles. The van der Waals surface area contributed by atoms with Gasteiger partial charge in [0.1, 0.15) is 12.8 Å². The fraction of sp³-hybridized carbons (Fsp3) is 0.300. The Morgan fingerprint density at radius 3 is 2.25 bits per heavy atom. The molecule has 0 bridgehead atoms. The SMILES string of the molecule is C=C(C)c1c(C(=O)OC)[nH]c(/C=N/OC)c1-c1ccc(OC)c(OC)c1OC. The lowest BCUT2D eigenvalue weighted by Gasteiger charge is -2.17. The highest BCUT2D eigenvalue weighted by Crippen LogP contribution is 2.47. The van der Waals surface area contributed by atoms with Crippen molar-refractivity contribution >= 4 is 17.8 Å². The molecule has 0 aliphatic carbocycles. The van der Waals surface area contributed by atoms with E-state index in [1.54, 1.807) is 26.2 Å². The number of aromatic amines is 1. The second-order valence-corrected chi connectivity index (χ2v) is 5.73. The molecular weight excluding hydrogens is 364 g/mol. The van der Waals surface area contributed by atoms with Gasteiger partial charge in [-0.2, -0.15) is 0 Å². The fourth-order valence-electron chi connectivity index (χ4n) is 2.98. The molecule has 0 aliphatic rings. The Morgan fingerprint density at radius 2 is 1.75 bits per heavy atom. The molecule has 0 fully saturated rings. The number of oxime groups is 1. The van der Waals surface area contributed by atoms with Gasteiger partial charge in [-0.25, -0.2) is 4.79 Å². The number of benzene rings is 1. The largest absolute Gasteiger partial charge is 0.493 e. The molecule has 0 saturated carbocycles. The van der Waals surface area contributed by atoms with Crippen LogP contribution < -0.4 is 14.2 Å². The van der Waals surface area contributed by atoms with Crippen molar-refractivity contribution < 1.29 is 28.6 Å². The van der Waals surface area contributed by atoms with Crippen LogP contribution in [0.3, 0.4) is 0 Å². The quantitative estimate of drug-likeness (QED) is 0.423. The number of carbonyl (C=O) groups excluding carboxylic acids is 1. The van der Waals surface area contributed by atoms with Gasteiger partial charge in [0.05, 0.1) is 40.3 Å². The number of methoxy groups -OCH3 is 4. The van der Waals surface area contributed by atoms with Crippen LogP contribution in [-0.2, 0) is 9.57 Å². The van der Waals surface area contributed by atoms with Gasteiger partial charge in [-0.3, -0.25) is 0 Å². The van der Waals surface area contributed by atoms with Crippen LogP contribution in [0.4, 0.5) is 0 Å². The Hall–Kier alpha value is -3.42. The van der Waals surface area contributed by atoms with Crippen molar-refractivity contribution in [2.75, 3.05) is 35.5 Å². The first kappa shape index (κ1) is 20.9. The Labute approximate surface area is 163 Å². The first-order valence-electron chi connectivity index (χ1n) is 8.31. The van der Waals surface area contributed by atoms with E-state index in [9.17, 15) is 4.79 Å². The van der Waals surface area contributed by atoms with Crippen molar-refractivity contribution in [3.05, 3.63) is 35.7 Å². The Bertz CT molecular complexity index is 914. The molecule has 150 valence electrons. The fourth-order valence-corrected chi connectivity index (χ4v) is 2.98. The number of hydrogen-bond donors (Lipinski definition) is 1. The van der Waals surface area contributed by atoms with E-state index in [1.165, 1.54) is 34.7 Å². The Morgan fingerprint density at radius 1 is 1.07 bits per heavy atom. The first-order chi connectivity index (χ1) is 13.4. The minimum Gasteiger partial charge on any atom is -0.493 e. The molecule has 8 nitrogen and oxygen atoms in total. The predicted octanol–water partition coefficient (Wildman–Crippen LogP) is 3.51. The highest BCUT2D eigenvalue weighted by atomic mass is 16.6. The summed E-state index contributed by atoms with van der Waals surface area (Å²) in [6.45, 7) is 5.81. The van der Waals surface area contributed by atoms with Gasteiger partial charge in [0.25, 0.3) is 0 Å². The second-order valence-electron chi connectivity index (χ2n) is 5.73. The number of carbonyl (C=O) groups is 1. The molecule has 0 radical (unpaired) electrons. The monoisotopic (exact) mass is 388 g/mol. The van der Waals surface area contributed by atoms with Crippen LogP contribution in [0.25, 0.3) is 16.7 Å². The van der Waals surface area contributed by atoms with E-state index in [0.29, 0.717) is 45.2 Å². The molecular formula is C20H24N2O6. The minimum atomic E-state index is -0.532. The van der Waals surface area contributed by atoms with Gasteiger partial charge >= 0.3 is 5.97 Å². The normalized spacial score (nSPS) is 10.6. The van der Waals surface area contributed by atoms with Crippen molar-refractivity contribution in [3.8, 4) is 28.4 Å². The summed E-state index contributed by atoms with van der Waals surface area (Å²) in [6, 6.07) is 3.56. The number of esters is 1. The number of nitrogens with one attached hydrogen (secondary N) is 1. The number of allylic oxidation sites excluding steroid dienone is 1. The van der Waals surface area contributed by atoms with Crippen LogP contribution in [-0.4, -0.2) is 52.7 Å². The maximum absolute atomic E-state index is 12.3. The molecule has 0 unspecified atom stereocenters. The smallest absolute Gasteiger partial charge is 0.355 e. The summed E-state index contributed by atoms with van der Waals surface area (Å²) in [6.07, 6.45) is 1.46.